The summed E-state index contributed by atoms with van der Waals surface area (Å²) in [5.41, 5.74) is 0.761. The van der Waals surface area contributed by atoms with Gasteiger partial charge >= 0.3 is 5.97 Å². The first-order valence-electron chi connectivity index (χ1n) is 5.69. The molecule has 0 aliphatic carbocycles. The molecule has 1 aromatic rings. The van der Waals surface area contributed by atoms with Gasteiger partial charge in [0.1, 0.15) is 6.04 Å². The minimum atomic E-state index is -1.09. The molecule has 0 bridgehead atoms. The Morgan fingerprint density at radius 2 is 1.78 bits per heavy atom. The summed E-state index contributed by atoms with van der Waals surface area (Å²) in [6.45, 7) is 3.43. The van der Waals surface area contributed by atoms with E-state index in [-0.39, 0.29) is 11.8 Å². The van der Waals surface area contributed by atoms with Crippen molar-refractivity contribution in [1.29, 1.82) is 0 Å². The molecule has 0 aliphatic rings. The number of thiol groups is 1. The maximum Gasteiger partial charge on any atom is 0.327 e. The van der Waals surface area contributed by atoms with Gasteiger partial charge in [-0.05, 0) is 5.56 Å². The number of carbonyl (C=O) groups is 2. The maximum atomic E-state index is 11.6. The molecule has 1 aromatic carbocycles. The predicted molar refractivity (Wildman–Crippen MR) is 72.6 cm³/mol. The summed E-state index contributed by atoms with van der Waals surface area (Å²) in [4.78, 5) is 22.8. The SMILES string of the molecule is CC(C)C(=O)NC(C(=O)O)C(S)c1ccccc1. The van der Waals surface area contributed by atoms with E-state index < -0.39 is 17.3 Å². The van der Waals surface area contributed by atoms with Crippen molar-refractivity contribution in [1.82, 2.24) is 5.32 Å². The number of rotatable bonds is 5. The number of carboxylic acids is 1. The van der Waals surface area contributed by atoms with Crippen LogP contribution in [0.4, 0.5) is 0 Å². The molecule has 1 amide bonds. The molecule has 0 saturated heterocycles. The topological polar surface area (TPSA) is 66.4 Å². The standard InChI is InChI=1S/C13H17NO3S/c1-8(2)12(15)14-10(13(16)17)11(18)9-6-4-3-5-7-9/h3-8,10-11,18H,1-2H3,(H,14,15)(H,16,17). The highest BCUT2D eigenvalue weighted by molar-refractivity contribution is 7.80. The van der Waals surface area contributed by atoms with E-state index in [0.29, 0.717) is 0 Å². The van der Waals surface area contributed by atoms with Crippen LogP contribution in [0, 0.1) is 5.92 Å². The molecule has 2 unspecified atom stereocenters. The predicted octanol–water partition coefficient (Wildman–Crippen LogP) is 1.88. The first-order valence-corrected chi connectivity index (χ1v) is 6.21. The summed E-state index contributed by atoms with van der Waals surface area (Å²) in [5, 5.41) is 11.1. The minimum Gasteiger partial charge on any atom is -0.480 e. The molecule has 0 aliphatic heterocycles. The fourth-order valence-electron chi connectivity index (χ4n) is 1.44. The summed E-state index contributed by atoms with van der Waals surface area (Å²) in [7, 11) is 0. The Morgan fingerprint density at radius 1 is 1.22 bits per heavy atom. The Bertz CT molecular complexity index is 420. The number of hydrogen-bond acceptors (Lipinski definition) is 3. The summed E-state index contributed by atoms with van der Waals surface area (Å²) in [6, 6.07) is 7.99. The van der Waals surface area contributed by atoms with Crippen LogP contribution >= 0.6 is 12.6 Å². The smallest absolute Gasteiger partial charge is 0.327 e. The van der Waals surface area contributed by atoms with Crippen LogP contribution in [0.2, 0.25) is 0 Å². The Morgan fingerprint density at radius 3 is 2.22 bits per heavy atom. The van der Waals surface area contributed by atoms with Gasteiger partial charge in [-0.25, -0.2) is 4.79 Å². The summed E-state index contributed by atoms with van der Waals surface area (Å²) in [5.74, 6) is -1.65. The maximum absolute atomic E-state index is 11.6. The van der Waals surface area contributed by atoms with E-state index >= 15 is 0 Å². The Balaban J connectivity index is 2.86. The van der Waals surface area contributed by atoms with Gasteiger partial charge in [0.05, 0.1) is 5.25 Å². The Kier molecular flexibility index (Phi) is 5.22. The minimum absolute atomic E-state index is 0.261. The van der Waals surface area contributed by atoms with Crippen LogP contribution in [0.1, 0.15) is 24.7 Å². The van der Waals surface area contributed by atoms with Crippen molar-refractivity contribution >= 4 is 24.5 Å². The first-order chi connectivity index (χ1) is 8.43. The van der Waals surface area contributed by atoms with Crippen LogP contribution in [-0.2, 0) is 9.59 Å². The second-order valence-electron chi connectivity index (χ2n) is 4.33. The number of nitrogens with one attached hydrogen (secondary N) is 1. The molecular weight excluding hydrogens is 250 g/mol. The van der Waals surface area contributed by atoms with Crippen molar-refractivity contribution in [2.75, 3.05) is 0 Å². The van der Waals surface area contributed by atoms with Crippen molar-refractivity contribution in [3.8, 4) is 0 Å². The zero-order valence-corrected chi connectivity index (χ0v) is 11.2. The van der Waals surface area contributed by atoms with Crippen molar-refractivity contribution in [2.45, 2.75) is 25.1 Å². The van der Waals surface area contributed by atoms with Crippen LogP contribution in [-0.4, -0.2) is 23.0 Å². The van der Waals surface area contributed by atoms with Gasteiger partial charge in [0, 0.05) is 5.92 Å². The Labute approximate surface area is 112 Å². The molecule has 18 heavy (non-hydrogen) atoms. The normalized spacial score (nSPS) is 14.0. The lowest BCUT2D eigenvalue weighted by molar-refractivity contribution is -0.142. The zero-order chi connectivity index (χ0) is 13.7. The third-order valence-electron chi connectivity index (χ3n) is 2.55. The molecule has 0 radical (unpaired) electrons. The lowest BCUT2D eigenvalue weighted by Gasteiger charge is -2.22. The van der Waals surface area contributed by atoms with Gasteiger partial charge in [0.25, 0.3) is 0 Å². The molecule has 4 nitrogen and oxygen atoms in total. The van der Waals surface area contributed by atoms with E-state index in [0.717, 1.165) is 5.56 Å². The highest BCUT2D eigenvalue weighted by atomic mass is 32.1. The van der Waals surface area contributed by atoms with Crippen LogP contribution in [0.3, 0.4) is 0 Å². The van der Waals surface area contributed by atoms with Crippen molar-refractivity contribution in [2.24, 2.45) is 5.92 Å². The third kappa shape index (κ3) is 3.77. The number of carbonyl (C=O) groups excluding carboxylic acids is 1. The monoisotopic (exact) mass is 267 g/mol. The van der Waals surface area contributed by atoms with Gasteiger partial charge in [0.2, 0.25) is 5.91 Å². The highest BCUT2D eigenvalue weighted by Crippen LogP contribution is 2.24. The molecule has 0 heterocycles. The zero-order valence-electron chi connectivity index (χ0n) is 10.3. The summed E-state index contributed by atoms with van der Waals surface area (Å²) >= 11 is 4.30. The van der Waals surface area contributed by atoms with Crippen molar-refractivity contribution in [3.05, 3.63) is 35.9 Å². The number of amides is 1. The number of aliphatic carboxylic acids is 1. The molecular formula is C13H17NO3S. The highest BCUT2D eigenvalue weighted by Gasteiger charge is 2.28. The van der Waals surface area contributed by atoms with Gasteiger partial charge in [-0.3, -0.25) is 4.79 Å². The van der Waals surface area contributed by atoms with E-state index in [2.05, 4.69) is 17.9 Å². The fourth-order valence-corrected chi connectivity index (χ4v) is 1.81. The average molecular weight is 267 g/mol. The van der Waals surface area contributed by atoms with E-state index in [1.54, 1.807) is 26.0 Å². The van der Waals surface area contributed by atoms with E-state index in [1.165, 1.54) is 0 Å². The lowest BCUT2D eigenvalue weighted by Crippen LogP contribution is -2.45. The lowest BCUT2D eigenvalue weighted by atomic mass is 10.0. The molecule has 2 N–H and O–H groups in total. The second kappa shape index (κ2) is 6.44. The molecule has 5 heteroatoms. The van der Waals surface area contributed by atoms with E-state index in [4.69, 9.17) is 0 Å². The first kappa shape index (κ1) is 14.6. The summed E-state index contributed by atoms with van der Waals surface area (Å²) < 4.78 is 0. The molecule has 0 aromatic heterocycles. The molecule has 1 rings (SSSR count). The molecule has 98 valence electrons. The van der Waals surface area contributed by atoms with E-state index in [9.17, 15) is 14.7 Å². The summed E-state index contributed by atoms with van der Waals surface area (Å²) in [6.07, 6.45) is 0. The van der Waals surface area contributed by atoms with Gasteiger partial charge in [-0.1, -0.05) is 44.2 Å². The fraction of sp³-hybridized carbons (Fsp3) is 0.385. The van der Waals surface area contributed by atoms with Gasteiger partial charge in [-0.2, -0.15) is 12.6 Å². The largest absolute Gasteiger partial charge is 0.480 e. The van der Waals surface area contributed by atoms with Crippen LogP contribution in [0.5, 0.6) is 0 Å². The van der Waals surface area contributed by atoms with Gasteiger partial charge in [-0.15, -0.1) is 0 Å². The molecule has 0 spiro atoms. The number of benzene rings is 1. The molecule has 2 atom stereocenters. The van der Waals surface area contributed by atoms with Crippen LogP contribution < -0.4 is 5.32 Å². The van der Waals surface area contributed by atoms with Gasteiger partial charge < -0.3 is 10.4 Å². The number of hydrogen-bond donors (Lipinski definition) is 3. The molecule has 0 fully saturated rings. The second-order valence-corrected chi connectivity index (χ2v) is 4.89. The Hall–Kier alpha value is -1.49. The van der Waals surface area contributed by atoms with Crippen LogP contribution in [0.15, 0.2) is 30.3 Å². The van der Waals surface area contributed by atoms with Crippen molar-refractivity contribution in [3.63, 3.8) is 0 Å². The average Bonchev–Trinajstić information content (AvgIpc) is 2.35. The van der Waals surface area contributed by atoms with Crippen LogP contribution in [0.25, 0.3) is 0 Å². The van der Waals surface area contributed by atoms with E-state index in [1.807, 2.05) is 18.2 Å². The van der Waals surface area contributed by atoms with Gasteiger partial charge in [0.15, 0.2) is 0 Å². The van der Waals surface area contributed by atoms with Crippen molar-refractivity contribution < 1.29 is 14.7 Å². The molecule has 0 saturated carbocycles. The third-order valence-corrected chi connectivity index (χ3v) is 3.14. The number of carboxylic acid groups (broad SMARTS) is 1. The quantitative estimate of drug-likeness (QED) is 0.714.